The molecule has 0 saturated carbocycles. The molecule has 0 aliphatic carbocycles. The zero-order valence-electron chi connectivity index (χ0n) is 18.1. The number of benzene rings is 2. The van der Waals surface area contributed by atoms with Crippen molar-refractivity contribution in [2.24, 2.45) is 5.92 Å². The lowest BCUT2D eigenvalue weighted by Crippen LogP contribution is -2.37. The Kier molecular flexibility index (Phi) is 5.84. The first kappa shape index (κ1) is 20.8. The number of carbonyl (C=O) groups is 2. The number of rotatable bonds is 4. The van der Waals surface area contributed by atoms with Crippen LogP contribution >= 0.6 is 0 Å². The molecule has 2 aromatic carbocycles. The summed E-state index contributed by atoms with van der Waals surface area (Å²) in [6, 6.07) is 14.9. The van der Waals surface area contributed by atoms with E-state index < -0.39 is 0 Å². The maximum Gasteiger partial charge on any atom is 0.291 e. The van der Waals surface area contributed by atoms with Gasteiger partial charge in [0.2, 0.25) is 11.7 Å². The second-order valence-corrected chi connectivity index (χ2v) is 8.32. The van der Waals surface area contributed by atoms with Crippen LogP contribution in [0.3, 0.4) is 0 Å². The fourth-order valence-electron chi connectivity index (χ4n) is 4.18. The lowest BCUT2D eigenvalue weighted by molar-refractivity contribution is -0.133. The first-order chi connectivity index (χ1) is 14.9. The topological polar surface area (TPSA) is 82.2 Å². The Balaban J connectivity index is 1.52. The molecule has 7 heteroatoms. The Morgan fingerprint density at radius 3 is 2.42 bits per heavy atom. The predicted molar refractivity (Wildman–Crippen MR) is 118 cm³/mol. The lowest BCUT2D eigenvalue weighted by Gasteiger charge is -2.22. The molecule has 2 amide bonds. The summed E-state index contributed by atoms with van der Waals surface area (Å²) < 4.78 is 0. The average Bonchev–Trinajstić information content (AvgIpc) is 3.25. The standard InChI is InChI=1S/C24H27N5O2/c1-16-10-17(2)12-20(11-16)19-6-4-18(5-7-19)13-21-14-29(9-8-28(3)23(21)30)24(31)22-25-15-26-27-22/h4-7,10-12,15,21H,8-9,13-14H2,1-3H3,(H,25,26,27). The molecular weight excluding hydrogens is 390 g/mol. The van der Waals surface area contributed by atoms with Crippen molar-refractivity contribution >= 4 is 11.8 Å². The zero-order chi connectivity index (χ0) is 22.0. The Bertz CT molecular complexity index is 1060. The number of nitrogens with one attached hydrogen (secondary N) is 1. The third kappa shape index (κ3) is 4.66. The van der Waals surface area contributed by atoms with Crippen LogP contribution in [0.15, 0.2) is 48.8 Å². The van der Waals surface area contributed by atoms with Gasteiger partial charge in [0.05, 0.1) is 5.92 Å². The number of hydrogen-bond acceptors (Lipinski definition) is 4. The van der Waals surface area contributed by atoms with Gasteiger partial charge in [-0.05, 0) is 37.0 Å². The summed E-state index contributed by atoms with van der Waals surface area (Å²) in [7, 11) is 1.79. The molecule has 4 rings (SSSR count). The smallest absolute Gasteiger partial charge is 0.291 e. The molecular formula is C24H27N5O2. The first-order valence-electron chi connectivity index (χ1n) is 10.5. The highest BCUT2D eigenvalue weighted by molar-refractivity contribution is 5.91. The SMILES string of the molecule is Cc1cc(C)cc(-c2ccc(CC3CN(C(=O)c4ncn[nH]4)CCN(C)C3=O)cc2)c1. The maximum atomic E-state index is 12.9. The molecule has 1 fully saturated rings. The molecule has 1 unspecified atom stereocenters. The normalized spacial score (nSPS) is 17.0. The summed E-state index contributed by atoms with van der Waals surface area (Å²) in [6.07, 6.45) is 1.90. The van der Waals surface area contributed by atoms with Crippen molar-refractivity contribution in [3.05, 3.63) is 71.3 Å². The summed E-state index contributed by atoms with van der Waals surface area (Å²) in [5.41, 5.74) is 5.90. The van der Waals surface area contributed by atoms with Gasteiger partial charge in [-0.1, -0.05) is 53.6 Å². The average molecular weight is 418 g/mol. The van der Waals surface area contributed by atoms with E-state index in [1.165, 1.54) is 23.0 Å². The minimum atomic E-state index is -0.300. The van der Waals surface area contributed by atoms with Crippen molar-refractivity contribution in [2.75, 3.05) is 26.7 Å². The minimum absolute atomic E-state index is 0.0613. The Morgan fingerprint density at radius 2 is 1.77 bits per heavy atom. The quantitative estimate of drug-likeness (QED) is 0.708. The number of hydrogen-bond donors (Lipinski definition) is 1. The fraction of sp³-hybridized carbons (Fsp3) is 0.333. The van der Waals surface area contributed by atoms with Crippen molar-refractivity contribution in [3.8, 4) is 11.1 Å². The maximum absolute atomic E-state index is 12.9. The molecule has 31 heavy (non-hydrogen) atoms. The molecule has 0 bridgehead atoms. The zero-order valence-corrected chi connectivity index (χ0v) is 18.1. The van der Waals surface area contributed by atoms with E-state index in [1.807, 2.05) is 0 Å². The van der Waals surface area contributed by atoms with Gasteiger partial charge in [-0.15, -0.1) is 0 Å². The van der Waals surface area contributed by atoms with E-state index in [-0.39, 0.29) is 23.6 Å². The summed E-state index contributed by atoms with van der Waals surface area (Å²) >= 11 is 0. The van der Waals surface area contributed by atoms with Crippen LogP contribution in [-0.4, -0.2) is 63.5 Å². The van der Waals surface area contributed by atoms with Crippen LogP contribution in [0, 0.1) is 19.8 Å². The van der Waals surface area contributed by atoms with Gasteiger partial charge in [0.25, 0.3) is 5.91 Å². The highest BCUT2D eigenvalue weighted by Gasteiger charge is 2.31. The molecule has 1 N–H and O–H groups in total. The van der Waals surface area contributed by atoms with Gasteiger partial charge in [0, 0.05) is 26.7 Å². The van der Waals surface area contributed by atoms with Gasteiger partial charge < -0.3 is 9.80 Å². The molecule has 0 radical (unpaired) electrons. The van der Waals surface area contributed by atoms with E-state index in [9.17, 15) is 9.59 Å². The van der Waals surface area contributed by atoms with Crippen LogP contribution in [-0.2, 0) is 11.2 Å². The molecule has 0 spiro atoms. The highest BCUT2D eigenvalue weighted by Crippen LogP contribution is 2.24. The summed E-state index contributed by atoms with van der Waals surface area (Å²) in [5, 5.41) is 6.38. The number of aromatic nitrogens is 3. The predicted octanol–water partition coefficient (Wildman–Crippen LogP) is 2.86. The summed E-state index contributed by atoms with van der Waals surface area (Å²) in [6.45, 7) is 5.54. The molecule has 2 heterocycles. The van der Waals surface area contributed by atoms with Gasteiger partial charge in [0.1, 0.15) is 6.33 Å². The molecule has 7 nitrogen and oxygen atoms in total. The fourth-order valence-corrected chi connectivity index (χ4v) is 4.18. The van der Waals surface area contributed by atoms with Gasteiger partial charge in [0.15, 0.2) is 0 Å². The number of carbonyl (C=O) groups excluding carboxylic acids is 2. The van der Waals surface area contributed by atoms with Crippen LogP contribution in [0.5, 0.6) is 0 Å². The first-order valence-corrected chi connectivity index (χ1v) is 10.5. The van der Waals surface area contributed by atoms with Gasteiger partial charge >= 0.3 is 0 Å². The Labute approximate surface area is 182 Å². The van der Waals surface area contributed by atoms with E-state index >= 15 is 0 Å². The van der Waals surface area contributed by atoms with E-state index in [0.717, 1.165) is 11.1 Å². The van der Waals surface area contributed by atoms with Crippen LogP contribution in [0.2, 0.25) is 0 Å². The van der Waals surface area contributed by atoms with Crippen LogP contribution in [0.4, 0.5) is 0 Å². The van der Waals surface area contributed by atoms with Crippen molar-refractivity contribution in [2.45, 2.75) is 20.3 Å². The van der Waals surface area contributed by atoms with E-state index in [2.05, 4.69) is 71.5 Å². The van der Waals surface area contributed by atoms with E-state index in [4.69, 9.17) is 0 Å². The Hall–Kier alpha value is -3.48. The van der Waals surface area contributed by atoms with Crippen molar-refractivity contribution < 1.29 is 9.59 Å². The van der Waals surface area contributed by atoms with Gasteiger partial charge in [-0.3, -0.25) is 14.7 Å². The summed E-state index contributed by atoms with van der Waals surface area (Å²) in [4.78, 5) is 33.0. The molecule has 1 aliphatic heterocycles. The molecule has 3 aromatic rings. The van der Waals surface area contributed by atoms with Crippen LogP contribution in [0.25, 0.3) is 11.1 Å². The summed E-state index contributed by atoms with van der Waals surface area (Å²) in [5.74, 6) is -0.262. The lowest BCUT2D eigenvalue weighted by atomic mass is 9.95. The van der Waals surface area contributed by atoms with Crippen molar-refractivity contribution in [1.29, 1.82) is 0 Å². The van der Waals surface area contributed by atoms with E-state index in [1.54, 1.807) is 16.8 Å². The second kappa shape index (κ2) is 8.71. The third-order valence-electron chi connectivity index (χ3n) is 5.77. The minimum Gasteiger partial charge on any atom is -0.344 e. The molecule has 1 saturated heterocycles. The second-order valence-electron chi connectivity index (χ2n) is 8.32. The number of aromatic amines is 1. The van der Waals surface area contributed by atoms with Gasteiger partial charge in [-0.2, -0.15) is 5.10 Å². The number of amides is 2. The number of nitrogens with zero attached hydrogens (tertiary/aromatic N) is 4. The molecule has 1 atom stereocenters. The molecule has 1 aliphatic rings. The number of aryl methyl sites for hydroxylation is 2. The van der Waals surface area contributed by atoms with E-state index in [0.29, 0.717) is 26.1 Å². The largest absolute Gasteiger partial charge is 0.344 e. The number of H-pyrrole nitrogens is 1. The highest BCUT2D eigenvalue weighted by atomic mass is 16.2. The van der Waals surface area contributed by atoms with Crippen molar-refractivity contribution in [1.82, 2.24) is 25.0 Å². The Morgan fingerprint density at radius 1 is 1.06 bits per heavy atom. The monoisotopic (exact) mass is 417 g/mol. The third-order valence-corrected chi connectivity index (χ3v) is 5.77. The van der Waals surface area contributed by atoms with Crippen molar-refractivity contribution in [3.63, 3.8) is 0 Å². The van der Waals surface area contributed by atoms with Crippen LogP contribution in [0.1, 0.15) is 27.3 Å². The number of likely N-dealkylation sites (N-methyl/N-ethyl adjacent to an activating group) is 1. The van der Waals surface area contributed by atoms with Crippen LogP contribution < -0.4 is 0 Å². The molecule has 1 aromatic heterocycles. The molecule has 160 valence electrons. The van der Waals surface area contributed by atoms with Gasteiger partial charge in [-0.25, -0.2) is 4.98 Å².